The van der Waals surface area contributed by atoms with Crippen LogP contribution >= 0.6 is 11.6 Å². The summed E-state index contributed by atoms with van der Waals surface area (Å²) in [6.07, 6.45) is 1.71. The minimum Gasteiger partial charge on any atom is -0.480 e. The number of amides is 2. The van der Waals surface area contributed by atoms with Crippen LogP contribution in [0, 0.1) is 0 Å². The fraction of sp³-hybridized carbons (Fsp3) is 0.222. The molecule has 4 N–H and O–H groups in total. The molecule has 96 valence electrons. The minimum absolute atomic E-state index is 0.0958. The Morgan fingerprint density at radius 3 is 2.50 bits per heavy atom. The van der Waals surface area contributed by atoms with E-state index in [-0.39, 0.29) is 10.8 Å². The van der Waals surface area contributed by atoms with E-state index < -0.39 is 30.2 Å². The number of hydrogen-bond donors (Lipinski definition) is 3. The fourth-order valence-electron chi connectivity index (χ4n) is 1.06. The molecule has 1 heterocycles. The Balaban J connectivity index is 2.75. The largest absolute Gasteiger partial charge is 0.480 e. The van der Waals surface area contributed by atoms with E-state index in [2.05, 4.69) is 15.3 Å². The maximum absolute atomic E-state index is 11.6. The molecule has 0 aliphatic rings. The summed E-state index contributed by atoms with van der Waals surface area (Å²) in [5.74, 6) is -3.00. The van der Waals surface area contributed by atoms with Gasteiger partial charge in [0.1, 0.15) is 16.9 Å². The molecule has 8 nitrogen and oxygen atoms in total. The van der Waals surface area contributed by atoms with Crippen LogP contribution in [-0.2, 0) is 9.59 Å². The molecule has 0 spiro atoms. The van der Waals surface area contributed by atoms with Gasteiger partial charge in [0, 0.05) is 0 Å². The molecular formula is C9H9ClN4O4. The van der Waals surface area contributed by atoms with E-state index in [1.807, 2.05) is 0 Å². The van der Waals surface area contributed by atoms with Crippen LogP contribution < -0.4 is 11.1 Å². The van der Waals surface area contributed by atoms with Gasteiger partial charge in [-0.3, -0.25) is 9.59 Å². The lowest BCUT2D eigenvalue weighted by atomic mass is 10.2. The predicted octanol–water partition coefficient (Wildman–Crippen LogP) is -0.812. The van der Waals surface area contributed by atoms with Crippen molar-refractivity contribution in [1.82, 2.24) is 15.3 Å². The molecule has 1 atom stereocenters. The Kier molecular flexibility index (Phi) is 4.55. The van der Waals surface area contributed by atoms with Gasteiger partial charge in [-0.1, -0.05) is 11.6 Å². The molecule has 9 heteroatoms. The SMILES string of the molecule is NC(=O)C[C@H](NC(=O)c1cnc(Cl)cn1)C(=O)O. The lowest BCUT2D eigenvalue weighted by molar-refractivity contribution is -0.140. The van der Waals surface area contributed by atoms with Gasteiger partial charge in [0.2, 0.25) is 5.91 Å². The molecule has 1 aromatic heterocycles. The summed E-state index contributed by atoms with van der Waals surface area (Å²) < 4.78 is 0. The van der Waals surface area contributed by atoms with Crippen molar-refractivity contribution in [2.24, 2.45) is 5.73 Å². The number of carbonyl (C=O) groups is 3. The zero-order valence-corrected chi connectivity index (χ0v) is 9.72. The Bertz CT molecular complexity index is 476. The summed E-state index contributed by atoms with van der Waals surface area (Å²) in [7, 11) is 0. The van der Waals surface area contributed by atoms with E-state index in [0.29, 0.717) is 0 Å². The Hall–Kier alpha value is -2.22. The molecule has 0 saturated heterocycles. The van der Waals surface area contributed by atoms with Crippen molar-refractivity contribution in [3.8, 4) is 0 Å². The van der Waals surface area contributed by atoms with E-state index >= 15 is 0 Å². The number of hydrogen-bond acceptors (Lipinski definition) is 5. The van der Waals surface area contributed by atoms with Crippen LogP contribution in [0.15, 0.2) is 12.4 Å². The number of aliphatic carboxylic acids is 1. The van der Waals surface area contributed by atoms with Gasteiger partial charge in [0.15, 0.2) is 0 Å². The third-order valence-electron chi connectivity index (χ3n) is 1.86. The third kappa shape index (κ3) is 3.98. The number of nitrogens with zero attached hydrogens (tertiary/aromatic N) is 2. The number of carbonyl (C=O) groups excluding carboxylic acids is 2. The van der Waals surface area contributed by atoms with Crippen molar-refractivity contribution in [3.63, 3.8) is 0 Å². The van der Waals surface area contributed by atoms with Gasteiger partial charge in [-0.05, 0) is 0 Å². The topological polar surface area (TPSA) is 135 Å². The van der Waals surface area contributed by atoms with Gasteiger partial charge >= 0.3 is 5.97 Å². The summed E-state index contributed by atoms with van der Waals surface area (Å²) in [4.78, 5) is 40.3. The van der Waals surface area contributed by atoms with Crippen LogP contribution in [0.3, 0.4) is 0 Å². The maximum Gasteiger partial charge on any atom is 0.326 e. The molecule has 0 radical (unpaired) electrons. The molecule has 18 heavy (non-hydrogen) atoms. The van der Waals surface area contributed by atoms with Crippen LogP contribution in [0.1, 0.15) is 16.9 Å². The molecule has 0 fully saturated rings. The zero-order chi connectivity index (χ0) is 13.7. The smallest absolute Gasteiger partial charge is 0.326 e. The second-order valence-corrected chi connectivity index (χ2v) is 3.65. The third-order valence-corrected chi connectivity index (χ3v) is 2.06. The Labute approximate surface area is 106 Å². The highest BCUT2D eigenvalue weighted by molar-refractivity contribution is 6.29. The minimum atomic E-state index is -1.41. The van der Waals surface area contributed by atoms with Crippen molar-refractivity contribution in [2.75, 3.05) is 0 Å². The summed E-state index contributed by atoms with van der Waals surface area (Å²) in [5, 5.41) is 11.0. The van der Waals surface area contributed by atoms with Gasteiger partial charge in [0.05, 0.1) is 18.8 Å². The lowest BCUT2D eigenvalue weighted by Gasteiger charge is -2.11. The first-order valence-electron chi connectivity index (χ1n) is 4.69. The number of nitrogens with two attached hydrogens (primary N) is 1. The lowest BCUT2D eigenvalue weighted by Crippen LogP contribution is -2.43. The monoisotopic (exact) mass is 272 g/mol. The summed E-state index contributed by atoms with van der Waals surface area (Å²) in [5.41, 5.74) is 4.75. The Morgan fingerprint density at radius 1 is 1.39 bits per heavy atom. The molecule has 0 bridgehead atoms. The molecule has 0 saturated carbocycles. The number of halogens is 1. The number of aromatic nitrogens is 2. The van der Waals surface area contributed by atoms with Crippen molar-refractivity contribution in [1.29, 1.82) is 0 Å². The second kappa shape index (κ2) is 5.92. The van der Waals surface area contributed by atoms with Crippen LogP contribution in [0.25, 0.3) is 0 Å². The quantitative estimate of drug-likeness (QED) is 0.641. The average Bonchev–Trinajstić information content (AvgIpc) is 2.28. The van der Waals surface area contributed by atoms with Crippen molar-refractivity contribution < 1.29 is 19.5 Å². The second-order valence-electron chi connectivity index (χ2n) is 3.26. The van der Waals surface area contributed by atoms with Crippen LogP contribution in [0.4, 0.5) is 0 Å². The van der Waals surface area contributed by atoms with E-state index in [4.69, 9.17) is 22.4 Å². The highest BCUT2D eigenvalue weighted by atomic mass is 35.5. The molecule has 0 aromatic carbocycles. The molecule has 0 aliphatic carbocycles. The number of rotatable bonds is 5. The van der Waals surface area contributed by atoms with Gasteiger partial charge in [-0.25, -0.2) is 14.8 Å². The van der Waals surface area contributed by atoms with Gasteiger partial charge in [0.25, 0.3) is 5.91 Å². The summed E-state index contributed by atoms with van der Waals surface area (Å²) in [6, 6.07) is -1.41. The first kappa shape index (κ1) is 13.8. The van der Waals surface area contributed by atoms with Crippen LogP contribution in [0.2, 0.25) is 5.15 Å². The predicted molar refractivity (Wildman–Crippen MR) is 59.7 cm³/mol. The van der Waals surface area contributed by atoms with E-state index in [1.165, 1.54) is 0 Å². The Morgan fingerprint density at radius 2 is 2.06 bits per heavy atom. The standard InChI is InChI=1S/C9H9ClN4O4/c10-6-3-12-5(2-13-6)8(16)14-4(9(17)18)1-7(11)15/h2-4H,1H2,(H2,11,15)(H,14,16)(H,17,18)/t4-/m0/s1. The number of carboxylic acids is 1. The van der Waals surface area contributed by atoms with E-state index in [9.17, 15) is 14.4 Å². The molecular weight excluding hydrogens is 264 g/mol. The number of nitrogens with one attached hydrogen (secondary N) is 1. The van der Waals surface area contributed by atoms with Crippen LogP contribution in [0.5, 0.6) is 0 Å². The highest BCUT2D eigenvalue weighted by Gasteiger charge is 2.23. The normalized spacial score (nSPS) is 11.6. The first-order chi connectivity index (χ1) is 8.40. The molecule has 1 rings (SSSR count). The van der Waals surface area contributed by atoms with Gasteiger partial charge in [-0.2, -0.15) is 0 Å². The first-order valence-corrected chi connectivity index (χ1v) is 5.07. The van der Waals surface area contributed by atoms with Crippen LogP contribution in [-0.4, -0.2) is 38.9 Å². The highest BCUT2D eigenvalue weighted by Crippen LogP contribution is 2.02. The molecule has 0 unspecified atom stereocenters. The maximum atomic E-state index is 11.6. The van der Waals surface area contributed by atoms with Gasteiger partial charge in [-0.15, -0.1) is 0 Å². The van der Waals surface area contributed by atoms with E-state index in [1.54, 1.807) is 0 Å². The zero-order valence-electron chi connectivity index (χ0n) is 8.96. The number of carboxylic acid groups (broad SMARTS) is 1. The molecule has 2 amide bonds. The average molecular weight is 273 g/mol. The van der Waals surface area contributed by atoms with Crippen molar-refractivity contribution in [3.05, 3.63) is 23.2 Å². The molecule has 0 aliphatic heterocycles. The van der Waals surface area contributed by atoms with Crippen molar-refractivity contribution >= 4 is 29.4 Å². The van der Waals surface area contributed by atoms with Crippen molar-refractivity contribution in [2.45, 2.75) is 12.5 Å². The molecule has 1 aromatic rings. The van der Waals surface area contributed by atoms with Gasteiger partial charge < -0.3 is 16.2 Å². The number of primary amides is 1. The summed E-state index contributed by atoms with van der Waals surface area (Å²) in [6.45, 7) is 0. The fourth-order valence-corrected chi connectivity index (χ4v) is 1.16. The summed E-state index contributed by atoms with van der Waals surface area (Å²) >= 11 is 5.48. The van der Waals surface area contributed by atoms with E-state index in [0.717, 1.165) is 12.4 Å².